The lowest BCUT2D eigenvalue weighted by atomic mass is 10.3. The first-order valence-electron chi connectivity index (χ1n) is 2.94. The summed E-state index contributed by atoms with van der Waals surface area (Å²) in [4.78, 5) is 9.01. The zero-order chi connectivity index (χ0) is 8.10. The summed E-state index contributed by atoms with van der Waals surface area (Å²) in [5.41, 5.74) is 0. The maximum Gasteiger partial charge on any atom is 0.167 e. The summed E-state index contributed by atoms with van der Waals surface area (Å²) < 4.78 is 12.3. The van der Waals surface area contributed by atoms with Crippen molar-refractivity contribution in [1.29, 1.82) is 0 Å². The molecule has 2 nitrogen and oxygen atoms in total. The van der Waals surface area contributed by atoms with Crippen molar-refractivity contribution >= 4 is 11.6 Å². The molecule has 0 saturated heterocycles. The van der Waals surface area contributed by atoms with E-state index in [-0.39, 0.29) is 11.9 Å². The summed E-state index contributed by atoms with van der Waals surface area (Å²) in [6.45, 7) is 0. The molecule has 1 rings (SSSR count). The van der Waals surface area contributed by atoms with Crippen LogP contribution in [-0.4, -0.2) is 6.07 Å². The molecule has 0 aliphatic rings. The third-order valence-corrected chi connectivity index (χ3v) is 1.10. The van der Waals surface area contributed by atoms with Crippen molar-refractivity contribution in [3.63, 3.8) is 0 Å². The Hall–Kier alpha value is -0.800. The Morgan fingerprint density at radius 2 is 1.91 bits per heavy atom. The topological polar surface area (TPSA) is 18.5 Å². The lowest BCUT2D eigenvalue weighted by Gasteiger charge is -1.99. The van der Waals surface area contributed by atoms with Crippen LogP contribution in [0.2, 0.25) is 0 Å². The molecule has 11 heavy (non-hydrogen) atoms. The largest absolute Gasteiger partial charge is 0.336 e. The van der Waals surface area contributed by atoms with Gasteiger partial charge in [-0.15, -0.1) is 0 Å². The molecular weight excluding hydrogens is 171 g/mol. The van der Waals surface area contributed by atoms with Crippen LogP contribution in [0.3, 0.4) is 0 Å². The third-order valence-electron chi connectivity index (χ3n) is 1.01. The molecular formula is C7H6ClFO2. The first-order valence-corrected chi connectivity index (χ1v) is 3.47. The summed E-state index contributed by atoms with van der Waals surface area (Å²) in [5, 5.41) is 0. The van der Waals surface area contributed by atoms with E-state index in [1.807, 2.05) is 0 Å². The van der Waals surface area contributed by atoms with Crippen LogP contribution in [0.25, 0.3) is 0 Å². The van der Waals surface area contributed by atoms with Crippen molar-refractivity contribution in [2.24, 2.45) is 0 Å². The number of halogens is 2. The Balaban J connectivity index is 2.52. The summed E-state index contributed by atoms with van der Waals surface area (Å²) in [7, 11) is 0. The smallest absolute Gasteiger partial charge is 0.167 e. The van der Waals surface area contributed by atoms with E-state index in [9.17, 15) is 4.39 Å². The highest BCUT2D eigenvalue weighted by Crippen LogP contribution is 2.10. The van der Waals surface area contributed by atoms with Gasteiger partial charge in [0.15, 0.2) is 11.8 Å². The van der Waals surface area contributed by atoms with Crippen molar-refractivity contribution in [3.8, 4) is 5.75 Å². The van der Waals surface area contributed by atoms with Crippen LogP contribution in [0.15, 0.2) is 24.3 Å². The highest BCUT2D eigenvalue weighted by molar-refractivity contribution is 6.17. The van der Waals surface area contributed by atoms with E-state index in [0.717, 1.165) is 0 Å². The number of benzene rings is 1. The molecule has 4 heteroatoms. The molecule has 0 bridgehead atoms. The fourth-order valence-corrected chi connectivity index (χ4v) is 0.625. The van der Waals surface area contributed by atoms with Gasteiger partial charge in [0.05, 0.1) is 0 Å². The predicted octanol–water partition coefficient (Wildman–Crippen LogP) is 2.33. The number of hydrogen-bond donors (Lipinski definition) is 0. The van der Waals surface area contributed by atoms with Gasteiger partial charge in [0.25, 0.3) is 0 Å². The van der Waals surface area contributed by atoms with Gasteiger partial charge in [-0.2, -0.15) is 4.89 Å². The fraction of sp³-hybridized carbons (Fsp3) is 0.143. The van der Waals surface area contributed by atoms with Crippen molar-refractivity contribution in [3.05, 3.63) is 30.1 Å². The van der Waals surface area contributed by atoms with Gasteiger partial charge in [0.2, 0.25) is 0 Å². The molecule has 0 N–H and O–H groups in total. The van der Waals surface area contributed by atoms with Gasteiger partial charge in [-0.3, -0.25) is 0 Å². The molecule has 0 aliphatic carbocycles. The van der Waals surface area contributed by atoms with Crippen molar-refractivity contribution in [1.82, 2.24) is 0 Å². The minimum Gasteiger partial charge on any atom is -0.336 e. The standard InChI is InChI=1S/C7H6ClFO2/c8-5-10-11-7-3-1-6(9)2-4-7/h1-4H,5H2. The number of rotatable bonds is 3. The third kappa shape index (κ3) is 2.74. The molecule has 0 unspecified atom stereocenters. The maximum atomic E-state index is 12.3. The Morgan fingerprint density at radius 1 is 1.27 bits per heavy atom. The second-order valence-corrected chi connectivity index (χ2v) is 1.98. The van der Waals surface area contributed by atoms with Crippen LogP contribution in [0, 0.1) is 5.82 Å². The Morgan fingerprint density at radius 3 is 2.45 bits per heavy atom. The molecule has 0 heterocycles. The number of hydrogen-bond acceptors (Lipinski definition) is 2. The Kier molecular flexibility index (Phi) is 3.14. The second kappa shape index (κ2) is 4.16. The van der Waals surface area contributed by atoms with E-state index in [0.29, 0.717) is 5.75 Å². The first-order chi connectivity index (χ1) is 5.33. The predicted molar refractivity (Wildman–Crippen MR) is 38.8 cm³/mol. The summed E-state index contributed by atoms with van der Waals surface area (Å²) in [6, 6.07) is 5.38. The van der Waals surface area contributed by atoms with E-state index >= 15 is 0 Å². The van der Waals surface area contributed by atoms with Crippen molar-refractivity contribution in [2.75, 3.05) is 6.07 Å². The van der Waals surface area contributed by atoms with E-state index in [1.165, 1.54) is 24.3 Å². The monoisotopic (exact) mass is 176 g/mol. The van der Waals surface area contributed by atoms with Gasteiger partial charge in [0, 0.05) is 0 Å². The summed E-state index contributed by atoms with van der Waals surface area (Å²) in [6.07, 6.45) is 0. The van der Waals surface area contributed by atoms with Crippen LogP contribution < -0.4 is 4.89 Å². The molecule has 60 valence electrons. The maximum absolute atomic E-state index is 12.3. The average molecular weight is 177 g/mol. The molecule has 0 aromatic heterocycles. The van der Waals surface area contributed by atoms with Crippen molar-refractivity contribution < 1.29 is 14.2 Å². The van der Waals surface area contributed by atoms with E-state index < -0.39 is 0 Å². The average Bonchev–Trinajstić information content (AvgIpc) is 2.04. The van der Waals surface area contributed by atoms with Gasteiger partial charge in [-0.05, 0) is 24.3 Å². The quantitative estimate of drug-likeness (QED) is 0.400. The van der Waals surface area contributed by atoms with E-state index in [2.05, 4.69) is 9.78 Å². The highest BCUT2D eigenvalue weighted by Gasteiger charge is 1.93. The van der Waals surface area contributed by atoms with Gasteiger partial charge >= 0.3 is 0 Å². The second-order valence-electron chi connectivity index (χ2n) is 1.76. The van der Waals surface area contributed by atoms with Gasteiger partial charge < -0.3 is 4.89 Å². The minimum atomic E-state index is -0.316. The molecule has 0 atom stereocenters. The Labute approximate surface area is 68.4 Å². The highest BCUT2D eigenvalue weighted by atomic mass is 35.5. The lowest BCUT2D eigenvalue weighted by molar-refractivity contribution is -0.188. The zero-order valence-corrected chi connectivity index (χ0v) is 6.34. The van der Waals surface area contributed by atoms with Gasteiger partial charge in [0.1, 0.15) is 5.82 Å². The molecule has 0 radical (unpaired) electrons. The molecule has 1 aromatic carbocycles. The molecule has 0 amide bonds. The van der Waals surface area contributed by atoms with Crippen LogP contribution in [-0.2, 0) is 4.89 Å². The Bertz CT molecular complexity index is 212. The van der Waals surface area contributed by atoms with Gasteiger partial charge in [-0.25, -0.2) is 4.39 Å². The van der Waals surface area contributed by atoms with Crippen LogP contribution in [0.1, 0.15) is 0 Å². The zero-order valence-electron chi connectivity index (χ0n) is 5.59. The SMILES string of the molecule is Fc1ccc(OOCCl)cc1. The number of alkyl halides is 1. The molecule has 1 aromatic rings. The normalized spacial score (nSPS) is 9.64. The van der Waals surface area contributed by atoms with Crippen LogP contribution >= 0.6 is 11.6 Å². The van der Waals surface area contributed by atoms with Gasteiger partial charge in [-0.1, -0.05) is 11.6 Å². The van der Waals surface area contributed by atoms with E-state index in [4.69, 9.17) is 11.6 Å². The molecule has 0 spiro atoms. The summed E-state index contributed by atoms with van der Waals surface area (Å²) >= 11 is 5.16. The minimum absolute atomic E-state index is 0.0582. The molecule has 0 fully saturated rings. The fourth-order valence-electron chi connectivity index (χ4n) is 0.580. The van der Waals surface area contributed by atoms with Crippen LogP contribution in [0.4, 0.5) is 4.39 Å². The first kappa shape index (κ1) is 8.30. The van der Waals surface area contributed by atoms with Crippen LogP contribution in [0.5, 0.6) is 5.75 Å². The lowest BCUT2D eigenvalue weighted by Crippen LogP contribution is -1.93. The molecule has 0 aliphatic heterocycles. The summed E-state index contributed by atoms with van der Waals surface area (Å²) in [5.74, 6) is 0.107. The van der Waals surface area contributed by atoms with E-state index in [1.54, 1.807) is 0 Å². The van der Waals surface area contributed by atoms with Crippen molar-refractivity contribution in [2.45, 2.75) is 0 Å². The molecule has 0 saturated carbocycles.